The van der Waals surface area contributed by atoms with Gasteiger partial charge in [0, 0.05) is 12.1 Å². The first-order valence-electron chi connectivity index (χ1n) is 8.12. The van der Waals surface area contributed by atoms with Crippen LogP contribution in [0.1, 0.15) is 42.1 Å². The van der Waals surface area contributed by atoms with E-state index in [0.29, 0.717) is 0 Å². The molecule has 0 radical (unpaired) electrons. The molecule has 1 aromatic carbocycles. The number of aryl methyl sites for hydroxylation is 1. The number of esters is 1. The molecule has 1 amide bonds. The van der Waals surface area contributed by atoms with Gasteiger partial charge in [-0.1, -0.05) is 31.7 Å². The fraction of sp³-hybridized carbons (Fsp3) is 0.316. The van der Waals surface area contributed by atoms with Crippen molar-refractivity contribution in [1.29, 1.82) is 0 Å². The number of nitrogens with zero attached hydrogens (tertiary/aromatic N) is 2. The van der Waals surface area contributed by atoms with Crippen molar-refractivity contribution in [2.24, 2.45) is 0 Å². The summed E-state index contributed by atoms with van der Waals surface area (Å²) in [4.78, 5) is 28.0. The van der Waals surface area contributed by atoms with Crippen molar-refractivity contribution < 1.29 is 14.3 Å². The van der Waals surface area contributed by atoms with Crippen molar-refractivity contribution in [3.05, 3.63) is 65.4 Å². The lowest BCUT2D eigenvalue weighted by molar-refractivity contribution is -0.138. The van der Waals surface area contributed by atoms with Crippen LogP contribution in [0.2, 0.25) is 0 Å². The fourth-order valence-electron chi connectivity index (χ4n) is 2.54. The number of amides is 1. The Morgan fingerprint density at radius 3 is 2.76 bits per heavy atom. The van der Waals surface area contributed by atoms with E-state index in [9.17, 15) is 9.59 Å². The van der Waals surface area contributed by atoms with Gasteiger partial charge in [0.1, 0.15) is 12.0 Å². The van der Waals surface area contributed by atoms with Gasteiger partial charge in [-0.05, 0) is 37.5 Å². The number of rotatable bonds is 5. The van der Waals surface area contributed by atoms with Crippen LogP contribution in [0, 0.1) is 13.8 Å². The Kier molecular flexibility index (Phi) is 5.75. The highest BCUT2D eigenvalue weighted by molar-refractivity contribution is 5.93. The summed E-state index contributed by atoms with van der Waals surface area (Å²) in [5.74, 6) is -0.609. The maximum atomic E-state index is 12.2. The van der Waals surface area contributed by atoms with E-state index in [1.54, 1.807) is 13.1 Å². The average Bonchev–Trinajstić information content (AvgIpc) is 3.07. The first-order chi connectivity index (χ1) is 11.8. The van der Waals surface area contributed by atoms with E-state index in [1.165, 1.54) is 27.6 Å². The molecule has 6 heteroatoms. The lowest BCUT2D eigenvalue weighted by atomic mass is 9.92. The second-order valence-corrected chi connectivity index (χ2v) is 5.85. The quantitative estimate of drug-likeness (QED) is 0.669. The number of benzene rings is 1. The molecule has 0 bridgehead atoms. The SMILES string of the molecule is C=C(NC(=O)n1cnc(C(C)c2cccc(C)c2C)c1)C(=O)OCC. The van der Waals surface area contributed by atoms with Crippen molar-refractivity contribution in [3.8, 4) is 0 Å². The number of aromatic nitrogens is 2. The molecule has 1 N–H and O–H groups in total. The zero-order valence-corrected chi connectivity index (χ0v) is 15.0. The Balaban J connectivity index is 2.14. The number of nitrogens with one attached hydrogen (secondary N) is 1. The Morgan fingerprint density at radius 1 is 1.36 bits per heavy atom. The summed E-state index contributed by atoms with van der Waals surface area (Å²) in [6.45, 7) is 11.6. The van der Waals surface area contributed by atoms with E-state index < -0.39 is 12.0 Å². The van der Waals surface area contributed by atoms with E-state index in [4.69, 9.17) is 4.74 Å². The monoisotopic (exact) mass is 341 g/mol. The number of hydrogen-bond acceptors (Lipinski definition) is 4. The van der Waals surface area contributed by atoms with Crippen LogP contribution in [0.5, 0.6) is 0 Å². The standard InChI is InChI=1S/C19H23N3O3/c1-6-25-18(23)15(5)21-19(24)22-10-17(20-11-22)14(4)16-9-7-8-12(2)13(16)3/h7-11,14H,5-6H2,1-4H3,(H,21,24). The van der Waals surface area contributed by atoms with Crippen LogP contribution >= 0.6 is 0 Å². The Labute approximate surface area is 147 Å². The third-order valence-electron chi connectivity index (χ3n) is 4.17. The third kappa shape index (κ3) is 4.15. The lowest BCUT2D eigenvalue weighted by Gasteiger charge is -2.14. The molecule has 0 aliphatic rings. The van der Waals surface area contributed by atoms with Crippen LogP contribution in [0.25, 0.3) is 0 Å². The summed E-state index contributed by atoms with van der Waals surface area (Å²) < 4.78 is 6.08. The zero-order valence-electron chi connectivity index (χ0n) is 15.0. The molecule has 1 unspecified atom stereocenters. The molecule has 2 aromatic rings. The van der Waals surface area contributed by atoms with Gasteiger partial charge in [0.25, 0.3) is 0 Å². The summed E-state index contributed by atoms with van der Waals surface area (Å²) in [6.07, 6.45) is 3.07. The summed E-state index contributed by atoms with van der Waals surface area (Å²) in [7, 11) is 0. The van der Waals surface area contributed by atoms with Crippen molar-refractivity contribution in [3.63, 3.8) is 0 Å². The van der Waals surface area contributed by atoms with E-state index in [2.05, 4.69) is 42.9 Å². The molecule has 1 heterocycles. The Morgan fingerprint density at radius 2 is 2.08 bits per heavy atom. The molecule has 6 nitrogen and oxygen atoms in total. The van der Waals surface area contributed by atoms with Crippen LogP contribution in [0.15, 0.2) is 43.0 Å². The minimum absolute atomic E-state index is 0.0437. The van der Waals surface area contributed by atoms with E-state index in [-0.39, 0.29) is 18.2 Å². The normalized spacial score (nSPS) is 11.7. The largest absolute Gasteiger partial charge is 0.461 e. The number of carbonyl (C=O) groups excluding carboxylic acids is 2. The molecular weight excluding hydrogens is 318 g/mol. The third-order valence-corrected chi connectivity index (χ3v) is 4.17. The van der Waals surface area contributed by atoms with Crippen molar-refractivity contribution in [2.75, 3.05) is 6.61 Å². The number of hydrogen-bond donors (Lipinski definition) is 1. The van der Waals surface area contributed by atoms with Gasteiger partial charge in [-0.3, -0.25) is 4.57 Å². The highest BCUT2D eigenvalue weighted by Crippen LogP contribution is 2.27. The second-order valence-electron chi connectivity index (χ2n) is 5.85. The molecular formula is C19H23N3O3. The van der Waals surface area contributed by atoms with Gasteiger partial charge in [-0.2, -0.15) is 0 Å². The Bertz CT molecular complexity index is 808. The van der Waals surface area contributed by atoms with Crippen LogP contribution < -0.4 is 5.32 Å². The molecule has 25 heavy (non-hydrogen) atoms. The number of carbonyl (C=O) groups is 2. The van der Waals surface area contributed by atoms with Crippen molar-refractivity contribution in [2.45, 2.75) is 33.6 Å². The molecule has 1 atom stereocenters. The van der Waals surface area contributed by atoms with Gasteiger partial charge < -0.3 is 10.1 Å². The van der Waals surface area contributed by atoms with Crippen molar-refractivity contribution in [1.82, 2.24) is 14.9 Å². The molecule has 0 aliphatic carbocycles. The van der Waals surface area contributed by atoms with Crippen LogP contribution in [0.3, 0.4) is 0 Å². The van der Waals surface area contributed by atoms with Gasteiger partial charge in [-0.15, -0.1) is 0 Å². The summed E-state index contributed by atoms with van der Waals surface area (Å²) in [6, 6.07) is 5.64. The second kappa shape index (κ2) is 7.79. The van der Waals surface area contributed by atoms with Gasteiger partial charge >= 0.3 is 12.0 Å². The molecule has 0 saturated heterocycles. The van der Waals surface area contributed by atoms with Gasteiger partial charge in [0.2, 0.25) is 0 Å². The van der Waals surface area contributed by atoms with E-state index in [0.717, 1.165) is 5.69 Å². The van der Waals surface area contributed by atoms with E-state index >= 15 is 0 Å². The van der Waals surface area contributed by atoms with Gasteiger partial charge in [-0.25, -0.2) is 14.6 Å². The topological polar surface area (TPSA) is 73.2 Å². The molecule has 132 valence electrons. The minimum atomic E-state index is -0.653. The summed E-state index contributed by atoms with van der Waals surface area (Å²) >= 11 is 0. The first kappa shape index (κ1) is 18.4. The number of ether oxygens (including phenoxy) is 1. The predicted octanol–water partition coefficient (Wildman–Crippen LogP) is 3.29. The maximum Gasteiger partial charge on any atom is 0.354 e. The zero-order chi connectivity index (χ0) is 18.6. The summed E-state index contributed by atoms with van der Waals surface area (Å²) in [5, 5.41) is 2.41. The molecule has 0 saturated carbocycles. The molecule has 0 aliphatic heterocycles. The number of imidazole rings is 1. The predicted molar refractivity (Wildman–Crippen MR) is 95.4 cm³/mol. The average molecular weight is 341 g/mol. The van der Waals surface area contributed by atoms with Gasteiger partial charge in [0.15, 0.2) is 0 Å². The molecule has 2 rings (SSSR count). The van der Waals surface area contributed by atoms with E-state index in [1.807, 2.05) is 13.0 Å². The Hall–Kier alpha value is -2.89. The highest BCUT2D eigenvalue weighted by atomic mass is 16.5. The highest BCUT2D eigenvalue weighted by Gasteiger charge is 2.17. The first-order valence-corrected chi connectivity index (χ1v) is 8.12. The smallest absolute Gasteiger partial charge is 0.354 e. The molecule has 1 aromatic heterocycles. The summed E-state index contributed by atoms with van der Waals surface area (Å²) in [5.41, 5.74) is 4.26. The van der Waals surface area contributed by atoms with Crippen LogP contribution in [0.4, 0.5) is 4.79 Å². The molecule has 0 fully saturated rings. The fourth-order valence-corrected chi connectivity index (χ4v) is 2.54. The van der Waals surface area contributed by atoms with Gasteiger partial charge in [0.05, 0.1) is 12.3 Å². The van der Waals surface area contributed by atoms with Crippen LogP contribution in [-0.4, -0.2) is 28.2 Å². The maximum absolute atomic E-state index is 12.2. The molecule has 0 spiro atoms. The minimum Gasteiger partial charge on any atom is -0.461 e. The van der Waals surface area contributed by atoms with Crippen LogP contribution in [-0.2, 0) is 9.53 Å². The van der Waals surface area contributed by atoms with Crippen molar-refractivity contribution >= 4 is 12.0 Å². The lowest BCUT2D eigenvalue weighted by Crippen LogP contribution is -2.30.